The molecule has 5 heteroatoms. The van der Waals surface area contributed by atoms with E-state index in [1.807, 2.05) is 25.1 Å². The molecule has 100 valence electrons. The Labute approximate surface area is 120 Å². The van der Waals surface area contributed by atoms with Crippen LogP contribution >= 0.6 is 15.9 Å². The van der Waals surface area contributed by atoms with Crippen LogP contribution in [0.3, 0.4) is 0 Å². The molecule has 4 nitrogen and oxygen atoms in total. The van der Waals surface area contributed by atoms with Gasteiger partial charge in [-0.3, -0.25) is 4.79 Å². The molecular formula is C14H15BrN2O2. The molecule has 0 atom stereocenters. The SMILES string of the molecule is CCc1cc(Br)ccc1NC(=O)c1oc(C)nc1C. The Morgan fingerprint density at radius 1 is 1.42 bits per heavy atom. The van der Waals surface area contributed by atoms with Crippen LogP contribution in [0.2, 0.25) is 0 Å². The van der Waals surface area contributed by atoms with Crippen LogP contribution in [0.4, 0.5) is 5.69 Å². The number of carbonyl (C=O) groups is 1. The second-order valence-electron chi connectivity index (χ2n) is 4.26. The molecule has 19 heavy (non-hydrogen) atoms. The second kappa shape index (κ2) is 5.57. The predicted octanol–water partition coefficient (Wildman–Crippen LogP) is 3.87. The lowest BCUT2D eigenvalue weighted by molar-refractivity contribution is 0.0994. The summed E-state index contributed by atoms with van der Waals surface area (Å²) in [6.07, 6.45) is 0.837. The molecule has 1 heterocycles. The Morgan fingerprint density at radius 3 is 2.74 bits per heavy atom. The molecule has 2 rings (SSSR count). The number of aromatic nitrogens is 1. The van der Waals surface area contributed by atoms with Gasteiger partial charge in [0.15, 0.2) is 5.89 Å². The first-order valence-corrected chi connectivity index (χ1v) is 6.84. The summed E-state index contributed by atoms with van der Waals surface area (Å²) in [4.78, 5) is 16.2. The molecule has 1 N–H and O–H groups in total. The first-order valence-electron chi connectivity index (χ1n) is 6.05. The fraction of sp³-hybridized carbons (Fsp3) is 0.286. The van der Waals surface area contributed by atoms with Gasteiger partial charge in [0.05, 0.1) is 5.69 Å². The van der Waals surface area contributed by atoms with Crippen molar-refractivity contribution in [3.63, 3.8) is 0 Å². The molecule has 0 bridgehead atoms. The minimum atomic E-state index is -0.268. The Balaban J connectivity index is 2.26. The molecule has 0 radical (unpaired) electrons. The van der Waals surface area contributed by atoms with E-state index >= 15 is 0 Å². The average Bonchev–Trinajstić information content (AvgIpc) is 2.70. The van der Waals surface area contributed by atoms with Gasteiger partial charge >= 0.3 is 0 Å². The van der Waals surface area contributed by atoms with Crippen molar-refractivity contribution >= 4 is 27.5 Å². The molecule has 0 aliphatic heterocycles. The smallest absolute Gasteiger partial charge is 0.293 e. The van der Waals surface area contributed by atoms with Crippen molar-refractivity contribution in [3.8, 4) is 0 Å². The van der Waals surface area contributed by atoms with E-state index in [0.717, 1.165) is 22.1 Å². The summed E-state index contributed by atoms with van der Waals surface area (Å²) in [5.41, 5.74) is 2.46. The number of hydrogen-bond acceptors (Lipinski definition) is 3. The second-order valence-corrected chi connectivity index (χ2v) is 5.17. The monoisotopic (exact) mass is 322 g/mol. The summed E-state index contributed by atoms with van der Waals surface area (Å²) in [5, 5.41) is 2.87. The van der Waals surface area contributed by atoms with Crippen LogP contribution in [-0.4, -0.2) is 10.9 Å². The van der Waals surface area contributed by atoms with Gasteiger partial charge in [-0.2, -0.15) is 0 Å². The van der Waals surface area contributed by atoms with E-state index in [1.165, 1.54) is 0 Å². The summed E-state index contributed by atoms with van der Waals surface area (Å²) in [5.74, 6) is 0.492. The normalized spacial score (nSPS) is 10.5. The van der Waals surface area contributed by atoms with Gasteiger partial charge in [-0.15, -0.1) is 0 Å². The van der Waals surface area contributed by atoms with E-state index in [4.69, 9.17) is 4.42 Å². The topological polar surface area (TPSA) is 55.1 Å². The lowest BCUT2D eigenvalue weighted by Crippen LogP contribution is -2.13. The average molecular weight is 323 g/mol. The Kier molecular flexibility index (Phi) is 4.04. The minimum Gasteiger partial charge on any atom is -0.436 e. The van der Waals surface area contributed by atoms with Gasteiger partial charge in [0.2, 0.25) is 5.76 Å². The van der Waals surface area contributed by atoms with Crippen molar-refractivity contribution < 1.29 is 9.21 Å². The fourth-order valence-electron chi connectivity index (χ4n) is 1.90. The summed E-state index contributed by atoms with van der Waals surface area (Å²) in [7, 11) is 0. The molecule has 0 aliphatic carbocycles. The molecule has 1 aromatic heterocycles. The zero-order chi connectivity index (χ0) is 14.0. The number of rotatable bonds is 3. The zero-order valence-corrected chi connectivity index (χ0v) is 12.7. The number of anilines is 1. The Morgan fingerprint density at radius 2 is 2.16 bits per heavy atom. The van der Waals surface area contributed by atoms with Gasteiger partial charge in [-0.25, -0.2) is 4.98 Å². The van der Waals surface area contributed by atoms with Crippen LogP contribution in [0.1, 0.15) is 34.6 Å². The van der Waals surface area contributed by atoms with Gasteiger partial charge < -0.3 is 9.73 Å². The first kappa shape index (κ1) is 13.8. The van der Waals surface area contributed by atoms with Crippen LogP contribution in [-0.2, 0) is 6.42 Å². The number of amides is 1. The number of aryl methyl sites for hydroxylation is 3. The third-order valence-electron chi connectivity index (χ3n) is 2.81. The quantitative estimate of drug-likeness (QED) is 0.933. The lowest BCUT2D eigenvalue weighted by atomic mass is 10.1. The minimum absolute atomic E-state index is 0.266. The maximum atomic E-state index is 12.1. The molecule has 0 saturated carbocycles. The first-order chi connectivity index (χ1) is 9.01. The van der Waals surface area contributed by atoms with Gasteiger partial charge in [0.25, 0.3) is 5.91 Å². The number of oxazole rings is 1. The molecule has 0 fully saturated rings. The van der Waals surface area contributed by atoms with Crippen LogP contribution in [0.5, 0.6) is 0 Å². The van der Waals surface area contributed by atoms with Gasteiger partial charge in [-0.1, -0.05) is 22.9 Å². The maximum Gasteiger partial charge on any atom is 0.293 e. The van der Waals surface area contributed by atoms with Gasteiger partial charge in [0, 0.05) is 17.1 Å². The molecule has 0 spiro atoms. The van der Waals surface area contributed by atoms with Crippen molar-refractivity contribution in [3.05, 3.63) is 45.6 Å². The van der Waals surface area contributed by atoms with Crippen molar-refractivity contribution in [1.29, 1.82) is 0 Å². The number of hydrogen-bond donors (Lipinski definition) is 1. The van der Waals surface area contributed by atoms with Crippen LogP contribution in [0.25, 0.3) is 0 Å². The fourth-order valence-corrected chi connectivity index (χ4v) is 2.31. The van der Waals surface area contributed by atoms with Crippen molar-refractivity contribution in [2.75, 3.05) is 5.32 Å². The van der Waals surface area contributed by atoms with Crippen LogP contribution < -0.4 is 5.32 Å². The summed E-state index contributed by atoms with van der Waals surface area (Å²) in [6, 6.07) is 5.76. The zero-order valence-electron chi connectivity index (χ0n) is 11.1. The number of benzene rings is 1. The summed E-state index contributed by atoms with van der Waals surface area (Å²) in [6.45, 7) is 5.52. The standard InChI is InChI=1S/C14H15BrN2O2/c1-4-10-7-11(15)5-6-12(10)17-14(18)13-8(2)16-9(3)19-13/h5-7H,4H2,1-3H3,(H,17,18). The van der Waals surface area contributed by atoms with E-state index < -0.39 is 0 Å². The van der Waals surface area contributed by atoms with E-state index in [1.54, 1.807) is 13.8 Å². The largest absolute Gasteiger partial charge is 0.436 e. The number of nitrogens with one attached hydrogen (secondary N) is 1. The molecule has 0 aliphatic rings. The number of nitrogens with zero attached hydrogens (tertiary/aromatic N) is 1. The maximum absolute atomic E-state index is 12.1. The Hall–Kier alpha value is -1.62. The highest BCUT2D eigenvalue weighted by molar-refractivity contribution is 9.10. The molecule has 1 amide bonds. The lowest BCUT2D eigenvalue weighted by Gasteiger charge is -2.09. The highest BCUT2D eigenvalue weighted by atomic mass is 79.9. The molecule has 1 aromatic carbocycles. The molecular weight excluding hydrogens is 308 g/mol. The van der Waals surface area contributed by atoms with Gasteiger partial charge in [0.1, 0.15) is 0 Å². The van der Waals surface area contributed by atoms with E-state index in [0.29, 0.717) is 11.6 Å². The third-order valence-corrected chi connectivity index (χ3v) is 3.30. The highest BCUT2D eigenvalue weighted by Gasteiger charge is 2.17. The number of halogens is 1. The number of carbonyl (C=O) groups excluding carboxylic acids is 1. The van der Waals surface area contributed by atoms with Crippen LogP contribution in [0.15, 0.2) is 27.1 Å². The summed E-state index contributed by atoms with van der Waals surface area (Å²) >= 11 is 3.42. The summed E-state index contributed by atoms with van der Waals surface area (Å²) < 4.78 is 6.31. The third kappa shape index (κ3) is 3.04. The van der Waals surface area contributed by atoms with Gasteiger partial charge in [-0.05, 0) is 37.1 Å². The molecule has 0 unspecified atom stereocenters. The van der Waals surface area contributed by atoms with E-state index in [9.17, 15) is 4.79 Å². The van der Waals surface area contributed by atoms with Crippen molar-refractivity contribution in [2.24, 2.45) is 0 Å². The highest BCUT2D eigenvalue weighted by Crippen LogP contribution is 2.22. The molecule has 0 saturated heterocycles. The predicted molar refractivity (Wildman–Crippen MR) is 77.5 cm³/mol. The molecule has 2 aromatic rings. The van der Waals surface area contributed by atoms with Crippen LogP contribution in [0, 0.1) is 13.8 Å². The van der Waals surface area contributed by atoms with Crippen molar-refractivity contribution in [1.82, 2.24) is 4.98 Å². The Bertz CT molecular complexity index is 620. The van der Waals surface area contributed by atoms with E-state index in [-0.39, 0.29) is 11.7 Å². The van der Waals surface area contributed by atoms with Crippen molar-refractivity contribution in [2.45, 2.75) is 27.2 Å². The van der Waals surface area contributed by atoms with E-state index in [2.05, 4.69) is 26.2 Å².